The number of rotatable bonds is 5. The van der Waals surface area contributed by atoms with Crippen molar-refractivity contribution in [3.05, 3.63) is 0 Å². The molecule has 2 heterocycles. The first-order chi connectivity index (χ1) is 11.3. The molecule has 2 saturated heterocycles. The van der Waals surface area contributed by atoms with Crippen LogP contribution in [0.15, 0.2) is 0 Å². The van der Waals surface area contributed by atoms with Gasteiger partial charge in [0, 0.05) is 6.54 Å². The molecule has 8 nitrogen and oxygen atoms in total. The minimum Gasteiger partial charge on any atom is -0.450 e. The fourth-order valence-electron chi connectivity index (χ4n) is 2.49. The molecule has 0 aromatic rings. The third-order valence-electron chi connectivity index (χ3n) is 3.69. The lowest BCUT2D eigenvalue weighted by molar-refractivity contribution is -0.0289. The quantitative estimate of drug-likeness (QED) is 0.761. The van der Waals surface area contributed by atoms with Crippen LogP contribution >= 0.6 is 0 Å². The van der Waals surface area contributed by atoms with Gasteiger partial charge in [0.25, 0.3) is 0 Å². The van der Waals surface area contributed by atoms with Crippen molar-refractivity contribution in [1.82, 2.24) is 10.2 Å². The smallest absolute Gasteiger partial charge is 0.409 e. The van der Waals surface area contributed by atoms with Crippen LogP contribution in [0, 0.1) is 0 Å². The van der Waals surface area contributed by atoms with Crippen LogP contribution < -0.4 is 5.32 Å². The van der Waals surface area contributed by atoms with Crippen LogP contribution in [0.3, 0.4) is 0 Å². The highest BCUT2D eigenvalue weighted by Crippen LogP contribution is 2.19. The second-order valence-electron chi connectivity index (χ2n) is 7.01. The van der Waals surface area contributed by atoms with Gasteiger partial charge in [-0.1, -0.05) is 0 Å². The van der Waals surface area contributed by atoms with Gasteiger partial charge in [0.1, 0.15) is 11.7 Å². The van der Waals surface area contributed by atoms with E-state index in [0.717, 1.165) is 0 Å². The van der Waals surface area contributed by atoms with Crippen LogP contribution in [0.25, 0.3) is 0 Å². The largest absolute Gasteiger partial charge is 0.450 e. The summed E-state index contributed by atoms with van der Waals surface area (Å²) in [6.07, 6.45) is -0.461. The van der Waals surface area contributed by atoms with Crippen molar-refractivity contribution >= 4 is 12.2 Å². The van der Waals surface area contributed by atoms with E-state index in [-0.39, 0.29) is 24.3 Å². The van der Waals surface area contributed by atoms with Crippen molar-refractivity contribution in [3.8, 4) is 0 Å². The summed E-state index contributed by atoms with van der Waals surface area (Å²) >= 11 is 0. The summed E-state index contributed by atoms with van der Waals surface area (Å²) in [4.78, 5) is 25.6. The maximum atomic E-state index is 12.0. The molecule has 0 radical (unpaired) electrons. The zero-order valence-electron chi connectivity index (χ0n) is 14.9. The number of nitrogens with zero attached hydrogens (tertiary/aromatic N) is 1. The van der Waals surface area contributed by atoms with E-state index in [9.17, 15) is 9.59 Å². The number of carbonyl (C=O) groups is 2. The molecule has 1 unspecified atom stereocenters. The number of carbonyl (C=O) groups excluding carboxylic acids is 2. The van der Waals surface area contributed by atoms with E-state index < -0.39 is 11.7 Å². The lowest BCUT2D eigenvalue weighted by Gasteiger charge is -2.38. The lowest BCUT2D eigenvalue weighted by atomic mass is 10.0. The monoisotopic (exact) mass is 344 g/mol. The van der Waals surface area contributed by atoms with E-state index in [2.05, 4.69) is 5.32 Å². The van der Waals surface area contributed by atoms with Gasteiger partial charge in [-0.2, -0.15) is 0 Å². The molecule has 0 saturated carbocycles. The molecule has 138 valence electrons. The number of nitrogens with one attached hydrogen (secondary N) is 1. The van der Waals surface area contributed by atoms with Gasteiger partial charge in [-0.05, 0) is 34.1 Å². The molecule has 24 heavy (non-hydrogen) atoms. The Kier molecular flexibility index (Phi) is 6.28. The predicted octanol–water partition coefficient (Wildman–Crippen LogP) is 1.53. The number of hydrogen-bond donors (Lipinski definition) is 1. The van der Waals surface area contributed by atoms with E-state index in [1.165, 1.54) is 0 Å². The number of amides is 2. The molecular weight excluding hydrogens is 316 g/mol. The molecular formula is C16H28N2O6. The van der Waals surface area contributed by atoms with Crippen LogP contribution in [0.1, 0.15) is 34.1 Å². The number of piperidine rings is 1. The van der Waals surface area contributed by atoms with E-state index >= 15 is 0 Å². The Morgan fingerprint density at radius 3 is 2.62 bits per heavy atom. The Hall–Kier alpha value is -1.54. The van der Waals surface area contributed by atoms with E-state index in [1.54, 1.807) is 11.8 Å². The van der Waals surface area contributed by atoms with E-state index in [1.807, 2.05) is 20.8 Å². The first-order valence-corrected chi connectivity index (χ1v) is 8.43. The number of likely N-dealkylation sites (tertiary alicyclic amines) is 1. The van der Waals surface area contributed by atoms with Gasteiger partial charge < -0.3 is 29.2 Å². The van der Waals surface area contributed by atoms with Gasteiger partial charge in [-0.15, -0.1) is 0 Å². The van der Waals surface area contributed by atoms with Gasteiger partial charge in [-0.25, -0.2) is 9.59 Å². The maximum Gasteiger partial charge on any atom is 0.409 e. The van der Waals surface area contributed by atoms with Crippen molar-refractivity contribution in [1.29, 1.82) is 0 Å². The van der Waals surface area contributed by atoms with Crippen LogP contribution in [-0.2, 0) is 18.9 Å². The van der Waals surface area contributed by atoms with Crippen LogP contribution in [-0.4, -0.2) is 73.8 Å². The minimum absolute atomic E-state index is 0.116. The molecule has 3 atom stereocenters. The Bertz CT molecular complexity index is 446. The Morgan fingerprint density at radius 2 is 2.04 bits per heavy atom. The third kappa shape index (κ3) is 6.16. The molecule has 1 N–H and O–H groups in total. The summed E-state index contributed by atoms with van der Waals surface area (Å²) in [5.74, 6) is 0. The fraction of sp³-hybridized carbons (Fsp3) is 0.875. The lowest BCUT2D eigenvalue weighted by Crippen LogP contribution is -2.57. The first kappa shape index (κ1) is 18.8. The van der Waals surface area contributed by atoms with Gasteiger partial charge in [0.2, 0.25) is 0 Å². The maximum absolute atomic E-state index is 12.0. The Morgan fingerprint density at radius 1 is 1.33 bits per heavy atom. The molecule has 0 aliphatic carbocycles. The topological polar surface area (TPSA) is 89.6 Å². The normalized spacial score (nSPS) is 26.7. The van der Waals surface area contributed by atoms with Crippen LogP contribution in [0.5, 0.6) is 0 Å². The van der Waals surface area contributed by atoms with Gasteiger partial charge in [0.15, 0.2) is 0 Å². The summed E-state index contributed by atoms with van der Waals surface area (Å²) in [5.41, 5.74) is -0.562. The second-order valence-corrected chi connectivity index (χ2v) is 7.01. The van der Waals surface area contributed by atoms with Gasteiger partial charge in [0.05, 0.1) is 38.5 Å². The summed E-state index contributed by atoms with van der Waals surface area (Å²) in [6, 6.07) is -0.218. The fourth-order valence-corrected chi connectivity index (χ4v) is 2.49. The molecule has 0 aromatic carbocycles. The molecule has 2 rings (SSSR count). The second kappa shape index (κ2) is 8.02. The molecule has 2 aliphatic rings. The Balaban J connectivity index is 1.91. The van der Waals surface area contributed by atoms with Crippen molar-refractivity contribution in [2.24, 2.45) is 0 Å². The number of ether oxygens (including phenoxy) is 4. The highest BCUT2D eigenvalue weighted by Gasteiger charge is 2.36. The molecule has 2 amide bonds. The zero-order chi connectivity index (χ0) is 17.7. The average molecular weight is 344 g/mol. The summed E-state index contributed by atoms with van der Waals surface area (Å²) < 4.78 is 21.4. The number of epoxide rings is 1. The summed E-state index contributed by atoms with van der Waals surface area (Å²) in [5, 5.41) is 2.86. The van der Waals surface area contributed by atoms with Gasteiger partial charge >= 0.3 is 12.2 Å². The highest BCUT2D eigenvalue weighted by atomic mass is 16.6. The first-order valence-electron chi connectivity index (χ1n) is 8.43. The predicted molar refractivity (Wildman–Crippen MR) is 85.8 cm³/mol. The molecule has 0 spiro atoms. The van der Waals surface area contributed by atoms with Crippen molar-refractivity contribution in [2.75, 3.05) is 32.9 Å². The number of hydrogen-bond acceptors (Lipinski definition) is 6. The van der Waals surface area contributed by atoms with Gasteiger partial charge in [-0.3, -0.25) is 0 Å². The third-order valence-corrected chi connectivity index (χ3v) is 3.69. The molecule has 2 fully saturated rings. The SMILES string of the molecule is CCOC(=O)N1CC[C@@H](NC(=O)OC(C)(C)C)[C@@H](OCC2CO2)C1. The molecule has 2 aliphatic heterocycles. The summed E-state index contributed by atoms with van der Waals surface area (Å²) in [6.45, 7) is 9.55. The van der Waals surface area contributed by atoms with Crippen molar-refractivity contribution in [3.63, 3.8) is 0 Å². The number of alkyl carbamates (subject to hydrolysis) is 1. The molecule has 0 aromatic heterocycles. The van der Waals surface area contributed by atoms with E-state index in [4.69, 9.17) is 18.9 Å². The molecule has 8 heteroatoms. The zero-order valence-corrected chi connectivity index (χ0v) is 14.9. The summed E-state index contributed by atoms with van der Waals surface area (Å²) in [7, 11) is 0. The molecule has 0 bridgehead atoms. The standard InChI is InChI=1S/C16H28N2O6/c1-5-21-15(20)18-7-6-12(17-14(19)24-16(2,3)4)13(8-18)23-10-11-9-22-11/h11-13H,5-10H2,1-4H3,(H,17,19)/t11?,12-,13+/m1/s1. The van der Waals surface area contributed by atoms with Crippen molar-refractivity contribution in [2.45, 2.75) is 58.0 Å². The average Bonchev–Trinajstić information content (AvgIpc) is 3.28. The highest BCUT2D eigenvalue weighted by molar-refractivity contribution is 5.69. The Labute approximate surface area is 142 Å². The van der Waals surface area contributed by atoms with E-state index in [0.29, 0.717) is 39.3 Å². The van der Waals surface area contributed by atoms with Crippen LogP contribution in [0.2, 0.25) is 0 Å². The minimum atomic E-state index is -0.562. The van der Waals surface area contributed by atoms with Crippen LogP contribution in [0.4, 0.5) is 9.59 Å². The van der Waals surface area contributed by atoms with Crippen molar-refractivity contribution < 1.29 is 28.5 Å².